The van der Waals surface area contributed by atoms with Crippen LogP contribution in [-0.2, 0) is 0 Å². The number of anilines is 1. The molecule has 2 N–H and O–H groups in total. The van der Waals surface area contributed by atoms with Crippen molar-refractivity contribution in [2.45, 2.75) is 6.92 Å². The second-order valence-corrected chi connectivity index (χ2v) is 5.75. The zero-order valence-corrected chi connectivity index (χ0v) is 14.9. The van der Waals surface area contributed by atoms with Crippen LogP contribution in [0.2, 0.25) is 0 Å². The van der Waals surface area contributed by atoms with Crippen LogP contribution < -0.4 is 15.2 Å². The first kappa shape index (κ1) is 17.3. The lowest BCUT2D eigenvalue weighted by atomic mass is 9.89. The molecule has 1 heterocycles. The number of aromatic nitrogens is 1. The Morgan fingerprint density at radius 1 is 1.00 bits per heavy atom. The highest BCUT2D eigenvalue weighted by molar-refractivity contribution is 5.93. The number of benzene rings is 2. The Balaban J connectivity index is 2.46. The van der Waals surface area contributed by atoms with E-state index in [4.69, 9.17) is 15.2 Å². The summed E-state index contributed by atoms with van der Waals surface area (Å²) in [4.78, 5) is 4.39. The highest BCUT2D eigenvalue weighted by Crippen LogP contribution is 2.43. The smallest absolute Gasteiger partial charge is 0.142 e. The van der Waals surface area contributed by atoms with Crippen molar-refractivity contribution in [3.63, 3.8) is 0 Å². The summed E-state index contributed by atoms with van der Waals surface area (Å²) in [5.41, 5.74) is 10.4. The zero-order chi connectivity index (χ0) is 18.7. The van der Waals surface area contributed by atoms with Gasteiger partial charge in [0.15, 0.2) is 0 Å². The molecule has 26 heavy (non-hydrogen) atoms. The molecule has 130 valence electrons. The van der Waals surface area contributed by atoms with Crippen LogP contribution >= 0.6 is 0 Å². The number of rotatable bonds is 4. The van der Waals surface area contributed by atoms with Crippen molar-refractivity contribution in [2.75, 3.05) is 20.0 Å². The number of hydrogen-bond donors (Lipinski definition) is 1. The van der Waals surface area contributed by atoms with Crippen LogP contribution in [0.15, 0.2) is 48.5 Å². The van der Waals surface area contributed by atoms with E-state index in [1.54, 1.807) is 14.2 Å². The fraction of sp³-hybridized carbons (Fsp3) is 0.143. The topological polar surface area (TPSA) is 81.2 Å². The first-order chi connectivity index (χ1) is 12.6. The summed E-state index contributed by atoms with van der Waals surface area (Å²) in [6, 6.07) is 17.5. The number of hydrogen-bond acceptors (Lipinski definition) is 5. The first-order valence-electron chi connectivity index (χ1n) is 8.08. The van der Waals surface area contributed by atoms with Crippen LogP contribution in [-0.4, -0.2) is 19.2 Å². The molecular formula is C21H19N3O2. The van der Waals surface area contributed by atoms with Gasteiger partial charge in [-0.15, -0.1) is 0 Å². The summed E-state index contributed by atoms with van der Waals surface area (Å²) in [6.07, 6.45) is 0. The second-order valence-electron chi connectivity index (χ2n) is 5.75. The average Bonchev–Trinajstić information content (AvgIpc) is 2.67. The number of ether oxygens (including phenoxy) is 2. The lowest BCUT2D eigenvalue weighted by Gasteiger charge is -2.18. The summed E-state index contributed by atoms with van der Waals surface area (Å²) in [5.74, 6) is 1.49. The molecule has 0 aliphatic heterocycles. The van der Waals surface area contributed by atoms with Crippen molar-refractivity contribution in [1.29, 1.82) is 5.26 Å². The van der Waals surface area contributed by atoms with Gasteiger partial charge in [-0.05, 0) is 30.7 Å². The quantitative estimate of drug-likeness (QED) is 0.766. The molecule has 0 saturated carbocycles. The van der Waals surface area contributed by atoms with Crippen LogP contribution in [0.4, 0.5) is 5.82 Å². The highest BCUT2D eigenvalue weighted by atomic mass is 16.5. The minimum absolute atomic E-state index is 0.199. The van der Waals surface area contributed by atoms with E-state index >= 15 is 0 Å². The fourth-order valence-electron chi connectivity index (χ4n) is 3.08. The Labute approximate surface area is 152 Å². The Bertz CT molecular complexity index is 992. The van der Waals surface area contributed by atoms with Crippen LogP contribution in [0.1, 0.15) is 11.3 Å². The Kier molecular flexibility index (Phi) is 4.76. The van der Waals surface area contributed by atoms with E-state index in [2.05, 4.69) is 11.1 Å². The molecular weight excluding hydrogens is 326 g/mol. The van der Waals surface area contributed by atoms with E-state index in [0.29, 0.717) is 22.6 Å². The number of nitriles is 1. The molecule has 0 spiro atoms. The lowest BCUT2D eigenvalue weighted by molar-refractivity contribution is 0.404. The van der Waals surface area contributed by atoms with Crippen LogP contribution in [0.5, 0.6) is 11.5 Å². The summed E-state index contributed by atoms with van der Waals surface area (Å²) < 4.78 is 10.9. The second kappa shape index (κ2) is 7.16. The predicted octanol–water partition coefficient (Wildman–Crippen LogP) is 4.20. The van der Waals surface area contributed by atoms with Gasteiger partial charge in [0.1, 0.15) is 28.9 Å². The first-order valence-corrected chi connectivity index (χ1v) is 8.08. The third-order valence-electron chi connectivity index (χ3n) is 4.26. The molecule has 0 radical (unpaired) electrons. The van der Waals surface area contributed by atoms with Gasteiger partial charge in [-0.25, -0.2) is 4.98 Å². The summed E-state index contributed by atoms with van der Waals surface area (Å²) >= 11 is 0. The number of nitrogen functional groups attached to an aromatic ring is 1. The van der Waals surface area contributed by atoms with Gasteiger partial charge in [0, 0.05) is 22.4 Å². The Hall–Kier alpha value is -3.52. The van der Waals surface area contributed by atoms with Gasteiger partial charge in [-0.3, -0.25) is 0 Å². The molecule has 0 aliphatic rings. The zero-order valence-electron chi connectivity index (χ0n) is 14.9. The molecule has 0 atom stereocenters. The maximum Gasteiger partial charge on any atom is 0.142 e. The van der Waals surface area contributed by atoms with Crippen molar-refractivity contribution >= 4 is 5.82 Å². The molecule has 5 nitrogen and oxygen atoms in total. The Morgan fingerprint density at radius 2 is 1.73 bits per heavy atom. The maximum absolute atomic E-state index is 9.77. The number of pyridine rings is 1. The van der Waals surface area contributed by atoms with Crippen molar-refractivity contribution in [3.05, 3.63) is 59.8 Å². The fourth-order valence-corrected chi connectivity index (χ4v) is 3.08. The number of nitrogens with two attached hydrogens (primary N) is 1. The summed E-state index contributed by atoms with van der Waals surface area (Å²) in [7, 11) is 3.19. The molecule has 0 fully saturated rings. The third-order valence-corrected chi connectivity index (χ3v) is 4.26. The number of aryl methyl sites for hydroxylation is 1. The minimum Gasteiger partial charge on any atom is -0.497 e. The average molecular weight is 345 g/mol. The standard InChI is InChI=1S/C21H19N3O2/c1-13-19(14-7-5-4-6-8-14)20(17(12-22)21(23)24-13)16-11-15(25-2)9-10-18(16)26-3/h4-11H,1-3H3,(H2,23,24). The lowest BCUT2D eigenvalue weighted by Crippen LogP contribution is -2.04. The number of methoxy groups -OCH3 is 2. The van der Waals surface area contributed by atoms with Gasteiger partial charge in [0.2, 0.25) is 0 Å². The number of nitrogens with zero attached hydrogens (tertiary/aromatic N) is 2. The van der Waals surface area contributed by atoms with Gasteiger partial charge in [-0.2, -0.15) is 5.26 Å². The van der Waals surface area contributed by atoms with Crippen molar-refractivity contribution < 1.29 is 9.47 Å². The van der Waals surface area contributed by atoms with E-state index in [1.807, 2.05) is 55.5 Å². The molecule has 5 heteroatoms. The van der Waals surface area contributed by atoms with E-state index in [1.165, 1.54) is 0 Å². The highest BCUT2D eigenvalue weighted by Gasteiger charge is 2.22. The van der Waals surface area contributed by atoms with Gasteiger partial charge in [0.25, 0.3) is 0 Å². The van der Waals surface area contributed by atoms with Gasteiger partial charge in [-0.1, -0.05) is 30.3 Å². The van der Waals surface area contributed by atoms with Crippen LogP contribution in [0, 0.1) is 18.3 Å². The Morgan fingerprint density at radius 3 is 2.35 bits per heavy atom. The molecule has 0 aliphatic carbocycles. The third kappa shape index (κ3) is 2.93. The maximum atomic E-state index is 9.77. The van der Waals surface area contributed by atoms with Gasteiger partial charge >= 0.3 is 0 Å². The van der Waals surface area contributed by atoms with Crippen LogP contribution in [0.25, 0.3) is 22.3 Å². The molecule has 2 aromatic carbocycles. The van der Waals surface area contributed by atoms with E-state index in [0.717, 1.165) is 22.4 Å². The molecule has 0 saturated heterocycles. The minimum atomic E-state index is 0.199. The summed E-state index contributed by atoms with van der Waals surface area (Å²) in [6.45, 7) is 1.88. The predicted molar refractivity (Wildman–Crippen MR) is 102 cm³/mol. The van der Waals surface area contributed by atoms with Crippen molar-refractivity contribution in [2.24, 2.45) is 0 Å². The van der Waals surface area contributed by atoms with Crippen LogP contribution in [0.3, 0.4) is 0 Å². The van der Waals surface area contributed by atoms with Gasteiger partial charge < -0.3 is 15.2 Å². The van der Waals surface area contributed by atoms with Gasteiger partial charge in [0.05, 0.1) is 14.2 Å². The van der Waals surface area contributed by atoms with E-state index in [9.17, 15) is 5.26 Å². The molecule has 3 rings (SSSR count). The molecule has 3 aromatic rings. The SMILES string of the molecule is COc1ccc(OC)c(-c2c(C#N)c(N)nc(C)c2-c2ccccc2)c1. The normalized spacial score (nSPS) is 10.2. The molecule has 1 aromatic heterocycles. The summed E-state index contributed by atoms with van der Waals surface area (Å²) in [5, 5.41) is 9.77. The largest absolute Gasteiger partial charge is 0.497 e. The molecule has 0 bridgehead atoms. The monoisotopic (exact) mass is 345 g/mol. The van der Waals surface area contributed by atoms with Crippen molar-refractivity contribution in [1.82, 2.24) is 4.98 Å². The molecule has 0 amide bonds. The van der Waals surface area contributed by atoms with Crippen molar-refractivity contribution in [3.8, 4) is 39.8 Å². The molecule has 0 unspecified atom stereocenters. The van der Waals surface area contributed by atoms with E-state index < -0.39 is 0 Å². The van der Waals surface area contributed by atoms with E-state index in [-0.39, 0.29) is 5.82 Å².